The van der Waals surface area contributed by atoms with Crippen molar-refractivity contribution in [2.24, 2.45) is 4.99 Å². The molecular formula is C27H29NO3. The molecule has 0 spiro atoms. The molecule has 0 aromatic heterocycles. The first-order valence-electron chi connectivity index (χ1n) is 10.5. The number of carbonyl (C=O) groups is 1. The van der Waals surface area contributed by atoms with Crippen LogP contribution in [0.3, 0.4) is 0 Å². The second-order valence-corrected chi connectivity index (χ2v) is 8.39. The molecule has 4 nitrogen and oxygen atoms in total. The fraction of sp³-hybridized carbons (Fsp3) is 0.259. The smallest absolute Gasteiger partial charge is 0.343 e. The maximum absolute atomic E-state index is 12.4. The van der Waals surface area contributed by atoms with Crippen molar-refractivity contribution < 1.29 is 14.3 Å². The summed E-state index contributed by atoms with van der Waals surface area (Å²) in [7, 11) is 0. The van der Waals surface area contributed by atoms with Crippen molar-refractivity contribution in [2.75, 3.05) is 6.61 Å². The van der Waals surface area contributed by atoms with Crippen LogP contribution in [0.4, 0.5) is 5.69 Å². The van der Waals surface area contributed by atoms with Gasteiger partial charge >= 0.3 is 5.97 Å². The van der Waals surface area contributed by atoms with Crippen LogP contribution in [-0.2, 0) is 5.41 Å². The predicted molar refractivity (Wildman–Crippen MR) is 126 cm³/mol. The van der Waals surface area contributed by atoms with E-state index in [0.717, 1.165) is 23.4 Å². The number of hydrogen-bond acceptors (Lipinski definition) is 4. The number of aliphatic imine (C=N–C) groups is 1. The van der Waals surface area contributed by atoms with E-state index in [0.29, 0.717) is 17.9 Å². The molecule has 0 aliphatic heterocycles. The van der Waals surface area contributed by atoms with E-state index in [1.165, 1.54) is 5.56 Å². The second kappa shape index (κ2) is 10.1. The van der Waals surface area contributed by atoms with E-state index >= 15 is 0 Å². The number of carbonyl (C=O) groups excluding carboxylic acids is 1. The van der Waals surface area contributed by atoms with Gasteiger partial charge in [-0.3, -0.25) is 4.99 Å². The Morgan fingerprint density at radius 1 is 0.871 bits per heavy atom. The van der Waals surface area contributed by atoms with Crippen LogP contribution < -0.4 is 9.47 Å². The lowest BCUT2D eigenvalue weighted by Gasteiger charge is -2.19. The Balaban J connectivity index is 1.59. The molecule has 0 radical (unpaired) electrons. The fourth-order valence-corrected chi connectivity index (χ4v) is 2.89. The van der Waals surface area contributed by atoms with Crippen molar-refractivity contribution in [3.05, 3.63) is 89.5 Å². The number of benzene rings is 3. The van der Waals surface area contributed by atoms with Gasteiger partial charge in [0.15, 0.2) is 0 Å². The summed E-state index contributed by atoms with van der Waals surface area (Å²) >= 11 is 0. The van der Waals surface area contributed by atoms with Crippen molar-refractivity contribution >= 4 is 17.9 Å². The van der Waals surface area contributed by atoms with Crippen molar-refractivity contribution in [2.45, 2.75) is 39.5 Å². The maximum Gasteiger partial charge on any atom is 0.343 e. The quantitative estimate of drug-likeness (QED) is 0.244. The van der Waals surface area contributed by atoms with E-state index < -0.39 is 0 Å². The number of ether oxygens (including phenoxy) is 2. The third-order valence-electron chi connectivity index (χ3n) is 4.75. The van der Waals surface area contributed by atoms with Crippen molar-refractivity contribution in [1.29, 1.82) is 0 Å². The lowest BCUT2D eigenvalue weighted by atomic mass is 9.87. The summed E-state index contributed by atoms with van der Waals surface area (Å²) in [6.45, 7) is 9.24. The summed E-state index contributed by atoms with van der Waals surface area (Å²) < 4.78 is 11.1. The molecule has 160 valence electrons. The number of hydrogen-bond donors (Lipinski definition) is 0. The van der Waals surface area contributed by atoms with E-state index in [4.69, 9.17) is 9.47 Å². The summed E-state index contributed by atoms with van der Waals surface area (Å²) in [4.78, 5) is 16.9. The maximum atomic E-state index is 12.4. The lowest BCUT2D eigenvalue weighted by molar-refractivity contribution is 0.0735. The Hall–Kier alpha value is -3.40. The number of nitrogens with zero attached hydrogens (tertiary/aromatic N) is 1. The van der Waals surface area contributed by atoms with Gasteiger partial charge in [0.1, 0.15) is 11.5 Å². The predicted octanol–water partition coefficient (Wildman–Crippen LogP) is 6.74. The minimum atomic E-state index is -0.387. The largest absolute Gasteiger partial charge is 0.494 e. The highest BCUT2D eigenvalue weighted by molar-refractivity contribution is 5.91. The fourth-order valence-electron chi connectivity index (χ4n) is 2.89. The highest BCUT2D eigenvalue weighted by atomic mass is 16.5. The molecule has 0 saturated carbocycles. The summed E-state index contributed by atoms with van der Waals surface area (Å²) in [6.07, 6.45) is 2.77. The molecule has 3 aromatic carbocycles. The molecule has 0 bridgehead atoms. The molecule has 0 saturated heterocycles. The number of rotatable bonds is 7. The molecular weight excluding hydrogens is 386 g/mol. The minimum absolute atomic E-state index is 0.0593. The Morgan fingerprint density at radius 3 is 2.06 bits per heavy atom. The van der Waals surface area contributed by atoms with Gasteiger partial charge in [0, 0.05) is 6.21 Å². The molecule has 31 heavy (non-hydrogen) atoms. The highest BCUT2D eigenvalue weighted by Gasteiger charge is 2.14. The average Bonchev–Trinajstić information content (AvgIpc) is 2.77. The molecule has 4 heteroatoms. The summed E-state index contributed by atoms with van der Waals surface area (Å²) in [5.74, 6) is 1.00. The normalized spacial score (nSPS) is 11.5. The zero-order chi connectivity index (χ0) is 22.3. The summed E-state index contributed by atoms with van der Waals surface area (Å²) in [5, 5.41) is 0. The first-order valence-corrected chi connectivity index (χ1v) is 10.5. The van der Waals surface area contributed by atoms with E-state index in [9.17, 15) is 4.79 Å². The van der Waals surface area contributed by atoms with Gasteiger partial charge in [0.2, 0.25) is 0 Å². The van der Waals surface area contributed by atoms with E-state index in [1.54, 1.807) is 30.5 Å². The molecule has 0 aliphatic rings. The van der Waals surface area contributed by atoms with Gasteiger partial charge in [-0.05, 0) is 83.6 Å². The van der Waals surface area contributed by atoms with Crippen LogP contribution in [0.25, 0.3) is 0 Å². The first-order chi connectivity index (χ1) is 14.8. The van der Waals surface area contributed by atoms with E-state index in [2.05, 4.69) is 32.7 Å². The van der Waals surface area contributed by atoms with Crippen molar-refractivity contribution in [3.63, 3.8) is 0 Å². The molecule has 0 unspecified atom stereocenters. The third kappa shape index (κ3) is 6.54. The van der Waals surface area contributed by atoms with Gasteiger partial charge in [-0.15, -0.1) is 0 Å². The van der Waals surface area contributed by atoms with Crippen molar-refractivity contribution in [1.82, 2.24) is 0 Å². The molecule has 0 amide bonds. The molecule has 3 rings (SSSR count). The van der Waals surface area contributed by atoms with Crippen LogP contribution in [0, 0.1) is 0 Å². The van der Waals surface area contributed by atoms with Crippen LogP contribution in [0.15, 0.2) is 77.8 Å². The molecule has 0 N–H and O–H groups in total. The molecule has 0 heterocycles. The van der Waals surface area contributed by atoms with Gasteiger partial charge < -0.3 is 9.47 Å². The third-order valence-corrected chi connectivity index (χ3v) is 4.75. The molecule has 0 fully saturated rings. The summed E-state index contributed by atoms with van der Waals surface area (Å²) in [5.41, 5.74) is 3.47. The molecule has 0 aliphatic carbocycles. The monoisotopic (exact) mass is 415 g/mol. The Bertz CT molecular complexity index is 1010. The zero-order valence-corrected chi connectivity index (χ0v) is 18.6. The van der Waals surface area contributed by atoms with Gasteiger partial charge in [-0.1, -0.05) is 39.8 Å². The summed E-state index contributed by atoms with van der Waals surface area (Å²) in [6, 6.07) is 22.5. The molecule has 3 aromatic rings. The average molecular weight is 416 g/mol. The Morgan fingerprint density at radius 2 is 1.48 bits per heavy atom. The Kier molecular flexibility index (Phi) is 7.24. The van der Waals surface area contributed by atoms with Gasteiger partial charge in [0.05, 0.1) is 17.9 Å². The zero-order valence-electron chi connectivity index (χ0n) is 18.6. The first kappa shape index (κ1) is 22.3. The Labute approximate surface area is 184 Å². The van der Waals surface area contributed by atoms with Crippen molar-refractivity contribution in [3.8, 4) is 11.5 Å². The molecule has 0 atom stereocenters. The van der Waals surface area contributed by atoms with Gasteiger partial charge in [0.25, 0.3) is 0 Å². The van der Waals surface area contributed by atoms with Crippen LogP contribution in [0.5, 0.6) is 11.5 Å². The van der Waals surface area contributed by atoms with Gasteiger partial charge in [-0.25, -0.2) is 4.79 Å². The minimum Gasteiger partial charge on any atom is -0.494 e. The van der Waals surface area contributed by atoms with E-state index in [-0.39, 0.29) is 11.4 Å². The van der Waals surface area contributed by atoms with Gasteiger partial charge in [-0.2, -0.15) is 0 Å². The highest BCUT2D eigenvalue weighted by Crippen LogP contribution is 2.25. The number of esters is 1. The standard InChI is InChI=1S/C27H29NO3/c1-5-18-30-24-14-6-20(7-15-24)19-28-23-12-8-21(9-13-23)26(29)31-25-16-10-22(11-17-25)27(2,3)4/h6-17,19H,5,18H2,1-4H3. The lowest BCUT2D eigenvalue weighted by Crippen LogP contribution is -2.11. The van der Waals surface area contributed by atoms with Crippen LogP contribution >= 0.6 is 0 Å². The van der Waals surface area contributed by atoms with Crippen LogP contribution in [0.2, 0.25) is 0 Å². The van der Waals surface area contributed by atoms with Crippen LogP contribution in [0.1, 0.15) is 55.6 Å². The van der Waals surface area contributed by atoms with Crippen LogP contribution in [-0.4, -0.2) is 18.8 Å². The topological polar surface area (TPSA) is 47.9 Å². The second-order valence-electron chi connectivity index (χ2n) is 8.39. The SMILES string of the molecule is CCCOc1ccc(C=Nc2ccc(C(=O)Oc3ccc(C(C)(C)C)cc3)cc2)cc1. The van der Waals surface area contributed by atoms with E-state index in [1.807, 2.05) is 48.5 Å².